The van der Waals surface area contributed by atoms with Crippen molar-refractivity contribution in [2.45, 2.75) is 0 Å². The average Bonchev–Trinajstić information content (AvgIpc) is 2.96. The Balaban J connectivity index is 1.97. The average molecular weight is 371 g/mol. The van der Waals surface area contributed by atoms with Gasteiger partial charge in [0.1, 0.15) is 0 Å². The summed E-state index contributed by atoms with van der Waals surface area (Å²) in [5, 5.41) is 3.89. The zero-order valence-electron chi connectivity index (χ0n) is 10.2. The molecule has 0 amide bonds. The van der Waals surface area contributed by atoms with E-state index in [4.69, 9.17) is 16.3 Å². The van der Waals surface area contributed by atoms with Gasteiger partial charge in [0.15, 0.2) is 11.6 Å². The first-order chi connectivity index (χ1) is 10.1. The number of rotatable bonds is 3. The molecule has 2 aromatic heterocycles. The van der Waals surface area contributed by atoms with E-state index in [1.54, 1.807) is 24.5 Å². The summed E-state index contributed by atoms with van der Waals surface area (Å²) in [6.45, 7) is 0. The Hall–Kier alpha value is -2.06. The standard InChI is InChI=1S/C12H6BrClFN5O/c13-7-2-3-8(15)9(6-7)21-12-18-10(14)17-11(19-12)20-5-1-4-16-20/h1-6H. The Kier molecular flexibility index (Phi) is 3.80. The molecule has 0 aliphatic carbocycles. The van der Waals surface area contributed by atoms with Crippen LogP contribution in [0.4, 0.5) is 4.39 Å². The highest BCUT2D eigenvalue weighted by atomic mass is 79.9. The normalized spacial score (nSPS) is 10.6. The molecule has 3 aromatic rings. The van der Waals surface area contributed by atoms with E-state index in [0.717, 1.165) is 0 Å². The van der Waals surface area contributed by atoms with Gasteiger partial charge in [-0.1, -0.05) is 15.9 Å². The Morgan fingerprint density at radius 1 is 1.24 bits per heavy atom. The van der Waals surface area contributed by atoms with Gasteiger partial charge in [-0.3, -0.25) is 0 Å². The van der Waals surface area contributed by atoms with Crippen molar-refractivity contribution in [3.63, 3.8) is 0 Å². The molecule has 21 heavy (non-hydrogen) atoms. The number of hydrogen-bond donors (Lipinski definition) is 0. The number of ether oxygens (including phenoxy) is 1. The second-order valence-electron chi connectivity index (χ2n) is 3.81. The highest BCUT2D eigenvalue weighted by Crippen LogP contribution is 2.26. The van der Waals surface area contributed by atoms with Gasteiger partial charge in [-0.25, -0.2) is 9.07 Å². The van der Waals surface area contributed by atoms with Crippen LogP contribution in [0, 0.1) is 5.82 Å². The third-order valence-corrected chi connectivity index (χ3v) is 3.04. The number of halogens is 3. The summed E-state index contributed by atoms with van der Waals surface area (Å²) in [4.78, 5) is 11.8. The molecule has 0 saturated carbocycles. The van der Waals surface area contributed by atoms with Crippen LogP contribution in [0.5, 0.6) is 11.8 Å². The molecule has 0 aliphatic heterocycles. The molecule has 1 aromatic carbocycles. The topological polar surface area (TPSA) is 65.7 Å². The zero-order chi connectivity index (χ0) is 14.8. The molecule has 0 bridgehead atoms. The number of nitrogens with zero attached hydrogens (tertiary/aromatic N) is 5. The smallest absolute Gasteiger partial charge is 0.328 e. The largest absolute Gasteiger partial charge is 0.421 e. The van der Waals surface area contributed by atoms with Crippen molar-refractivity contribution in [2.75, 3.05) is 0 Å². The van der Waals surface area contributed by atoms with E-state index in [2.05, 4.69) is 36.0 Å². The summed E-state index contributed by atoms with van der Waals surface area (Å²) in [6, 6.07) is 5.85. The predicted octanol–water partition coefficient (Wildman–Crippen LogP) is 3.40. The Morgan fingerprint density at radius 3 is 2.86 bits per heavy atom. The number of aromatic nitrogens is 5. The Morgan fingerprint density at radius 2 is 2.10 bits per heavy atom. The van der Waals surface area contributed by atoms with Crippen LogP contribution in [0.1, 0.15) is 0 Å². The van der Waals surface area contributed by atoms with Crippen LogP contribution >= 0.6 is 27.5 Å². The van der Waals surface area contributed by atoms with Gasteiger partial charge in [0.2, 0.25) is 5.28 Å². The minimum atomic E-state index is -0.546. The summed E-state index contributed by atoms with van der Waals surface area (Å²) in [5.41, 5.74) is 0. The van der Waals surface area contributed by atoms with E-state index in [0.29, 0.717) is 4.47 Å². The van der Waals surface area contributed by atoms with Gasteiger partial charge < -0.3 is 4.74 Å². The summed E-state index contributed by atoms with van der Waals surface area (Å²) >= 11 is 9.05. The third-order valence-electron chi connectivity index (χ3n) is 2.38. The molecular formula is C12H6BrClFN5O. The van der Waals surface area contributed by atoms with E-state index < -0.39 is 5.82 Å². The third kappa shape index (κ3) is 3.17. The van der Waals surface area contributed by atoms with Crippen LogP contribution in [0.3, 0.4) is 0 Å². The van der Waals surface area contributed by atoms with Gasteiger partial charge in [0.05, 0.1) is 0 Å². The zero-order valence-corrected chi connectivity index (χ0v) is 12.6. The molecule has 2 heterocycles. The minimum Gasteiger partial charge on any atom is -0.421 e. The summed E-state index contributed by atoms with van der Waals surface area (Å²) in [6.07, 6.45) is 3.20. The fourth-order valence-corrected chi connectivity index (χ4v) is 2.00. The lowest BCUT2D eigenvalue weighted by Gasteiger charge is -2.07. The second kappa shape index (κ2) is 5.74. The molecule has 106 valence electrons. The number of hydrogen-bond acceptors (Lipinski definition) is 5. The summed E-state index contributed by atoms with van der Waals surface area (Å²) in [7, 11) is 0. The van der Waals surface area contributed by atoms with Crippen LogP contribution in [0.2, 0.25) is 5.28 Å². The van der Waals surface area contributed by atoms with E-state index >= 15 is 0 Å². The SMILES string of the molecule is Fc1ccc(Br)cc1Oc1nc(Cl)nc(-n2cccn2)n1. The highest BCUT2D eigenvalue weighted by molar-refractivity contribution is 9.10. The lowest BCUT2D eigenvalue weighted by molar-refractivity contribution is 0.407. The predicted molar refractivity (Wildman–Crippen MR) is 76.1 cm³/mol. The highest BCUT2D eigenvalue weighted by Gasteiger charge is 2.12. The van der Waals surface area contributed by atoms with E-state index in [9.17, 15) is 4.39 Å². The lowest BCUT2D eigenvalue weighted by Crippen LogP contribution is -2.05. The van der Waals surface area contributed by atoms with Crippen LogP contribution in [0.15, 0.2) is 41.1 Å². The monoisotopic (exact) mass is 369 g/mol. The van der Waals surface area contributed by atoms with Crippen molar-refractivity contribution in [2.24, 2.45) is 0 Å². The van der Waals surface area contributed by atoms with Crippen LogP contribution in [-0.4, -0.2) is 24.7 Å². The van der Waals surface area contributed by atoms with Gasteiger partial charge in [-0.2, -0.15) is 20.1 Å². The van der Waals surface area contributed by atoms with Crippen molar-refractivity contribution < 1.29 is 9.13 Å². The molecule has 3 rings (SSSR count). The van der Waals surface area contributed by atoms with Crippen LogP contribution < -0.4 is 4.74 Å². The molecule has 0 radical (unpaired) electrons. The summed E-state index contributed by atoms with van der Waals surface area (Å²) < 4.78 is 21.0. The second-order valence-corrected chi connectivity index (χ2v) is 5.07. The van der Waals surface area contributed by atoms with Crippen LogP contribution in [-0.2, 0) is 0 Å². The lowest BCUT2D eigenvalue weighted by atomic mass is 10.3. The van der Waals surface area contributed by atoms with Crippen molar-refractivity contribution in [1.29, 1.82) is 0 Å². The summed E-state index contributed by atoms with van der Waals surface area (Å²) in [5.74, 6) is -0.404. The molecular weight excluding hydrogens is 365 g/mol. The molecule has 0 unspecified atom stereocenters. The van der Waals surface area contributed by atoms with E-state index in [1.165, 1.54) is 16.8 Å². The molecule has 0 saturated heterocycles. The van der Waals surface area contributed by atoms with Crippen molar-refractivity contribution >= 4 is 27.5 Å². The quantitative estimate of drug-likeness (QED) is 0.707. The number of benzene rings is 1. The van der Waals surface area contributed by atoms with Crippen molar-refractivity contribution in [3.8, 4) is 17.7 Å². The Labute approximate surface area is 131 Å². The van der Waals surface area contributed by atoms with Crippen molar-refractivity contribution in [1.82, 2.24) is 24.7 Å². The molecule has 0 atom stereocenters. The first-order valence-electron chi connectivity index (χ1n) is 5.66. The fraction of sp³-hybridized carbons (Fsp3) is 0. The maximum Gasteiger partial charge on any atom is 0.328 e. The molecule has 6 nitrogen and oxygen atoms in total. The molecule has 9 heteroatoms. The van der Waals surface area contributed by atoms with Crippen LogP contribution in [0.25, 0.3) is 5.95 Å². The van der Waals surface area contributed by atoms with Gasteiger partial charge in [0, 0.05) is 16.9 Å². The molecule has 0 aliphatic rings. The maximum atomic E-state index is 13.7. The maximum absolute atomic E-state index is 13.7. The van der Waals surface area contributed by atoms with Gasteiger partial charge in [-0.05, 0) is 35.9 Å². The first-order valence-corrected chi connectivity index (χ1v) is 6.83. The van der Waals surface area contributed by atoms with Gasteiger partial charge >= 0.3 is 6.01 Å². The Bertz CT molecular complexity index is 783. The van der Waals surface area contributed by atoms with Crippen molar-refractivity contribution in [3.05, 3.63) is 52.2 Å². The first kappa shape index (κ1) is 13.9. The molecule has 0 fully saturated rings. The molecule has 0 spiro atoms. The van der Waals surface area contributed by atoms with E-state index in [-0.39, 0.29) is 23.0 Å². The van der Waals surface area contributed by atoms with E-state index in [1.807, 2.05) is 0 Å². The molecule has 0 N–H and O–H groups in total. The van der Waals surface area contributed by atoms with Gasteiger partial charge in [-0.15, -0.1) is 0 Å². The fourth-order valence-electron chi connectivity index (χ4n) is 1.51. The minimum absolute atomic E-state index is 0.0296. The van der Waals surface area contributed by atoms with Gasteiger partial charge in [0.25, 0.3) is 5.95 Å².